The van der Waals surface area contributed by atoms with E-state index in [9.17, 15) is 39.3 Å². The molecular weight excluding hydrogens is 756 g/mol. The van der Waals surface area contributed by atoms with E-state index in [1.165, 1.54) is 55.1 Å². The molecule has 2 bridgehead atoms. The van der Waals surface area contributed by atoms with Crippen molar-refractivity contribution < 1.29 is 53.3 Å². The number of phenolic OH excluding ortho intramolecular Hbond substituents is 2. The minimum Gasteiger partial charge on any atom is -0.504 e. The molecule has 6 rings (SSSR count). The number of piperazine rings is 1. The topological polar surface area (TPSA) is 246 Å². The summed E-state index contributed by atoms with van der Waals surface area (Å²) in [5, 5.41) is 38.0. The van der Waals surface area contributed by atoms with E-state index in [0.29, 0.717) is 35.4 Å². The van der Waals surface area contributed by atoms with Gasteiger partial charge in [0.05, 0.1) is 37.8 Å². The van der Waals surface area contributed by atoms with Crippen molar-refractivity contribution in [2.75, 3.05) is 45.3 Å². The van der Waals surface area contributed by atoms with Gasteiger partial charge in [-0.15, -0.1) is 23.1 Å². The molecular formula is C32H38ClN8O10S2+. The molecule has 4 aliphatic heterocycles. The fraction of sp³-hybridized carbons (Fsp3) is 0.469. The molecule has 5 heterocycles. The van der Waals surface area contributed by atoms with Crippen molar-refractivity contribution in [3.63, 3.8) is 0 Å². The number of likely N-dealkylation sites (N-methyl/N-ethyl adjacent to an activating group) is 1. The molecule has 284 valence electrons. The molecule has 4 aliphatic rings. The number of quaternary nitrogens is 1. The Hall–Kier alpha value is -4.63. The number of hydrogen-bond acceptors (Lipinski definition) is 15. The van der Waals surface area contributed by atoms with Gasteiger partial charge in [0.2, 0.25) is 5.60 Å². The number of halogens is 1. The highest BCUT2D eigenvalue weighted by Crippen LogP contribution is 2.44. The van der Waals surface area contributed by atoms with Crippen molar-refractivity contribution in [3.8, 4) is 11.5 Å². The Kier molecular flexibility index (Phi) is 10.3. The number of carbonyl (C=O) groups excluding carboxylic acids is 4. The van der Waals surface area contributed by atoms with E-state index in [4.69, 9.17) is 26.9 Å². The Bertz CT molecular complexity index is 1940. The van der Waals surface area contributed by atoms with Gasteiger partial charge in [0.15, 0.2) is 22.3 Å². The summed E-state index contributed by atoms with van der Waals surface area (Å²) >= 11 is 8.52. The second kappa shape index (κ2) is 14.3. The first-order valence-corrected chi connectivity index (χ1v) is 18.7. The van der Waals surface area contributed by atoms with Gasteiger partial charge in [-0.3, -0.25) is 24.7 Å². The van der Waals surface area contributed by atoms with Gasteiger partial charge in [0.1, 0.15) is 41.4 Å². The Morgan fingerprint density at radius 3 is 2.47 bits per heavy atom. The van der Waals surface area contributed by atoms with Crippen LogP contribution in [-0.4, -0.2) is 139 Å². The number of fused-ring (bicyclic) bond motifs is 3. The number of hydrogen-bond donors (Lipinski definition) is 6. The average Bonchev–Trinajstić information content (AvgIpc) is 3.57. The van der Waals surface area contributed by atoms with E-state index in [2.05, 4.69) is 27.9 Å². The lowest BCUT2D eigenvalue weighted by Crippen LogP contribution is -2.72. The van der Waals surface area contributed by atoms with E-state index in [-0.39, 0.29) is 44.9 Å². The SMILES string of the molecule is COC(=O)C1=C(C[N+]2(C)[C@@H]3CC[C@H]2CN(NC(=O)c2ccc(O)c(O)c2Cl)C3)CS[C@@H]2[C@H](NC(=O)/C(=N\OC(C)(C)C(=O)O)c3csc(N)n3)C(=O)N12. The number of carboxylic acids is 1. The number of thioether (sulfide) groups is 1. The van der Waals surface area contributed by atoms with Crippen molar-refractivity contribution in [2.24, 2.45) is 5.16 Å². The summed E-state index contributed by atoms with van der Waals surface area (Å²) in [6.45, 7) is 3.90. The summed E-state index contributed by atoms with van der Waals surface area (Å²) in [5.74, 6) is -4.60. The molecule has 3 amide bonds. The maximum absolute atomic E-state index is 13.7. The van der Waals surface area contributed by atoms with Gasteiger partial charge in [-0.2, -0.15) is 0 Å². The number of aromatic hydroxyl groups is 2. The lowest BCUT2D eigenvalue weighted by atomic mass is 10.0. The number of aliphatic carboxylic acids is 1. The molecule has 0 saturated carbocycles. The second-order valence-electron chi connectivity index (χ2n) is 13.8. The smallest absolute Gasteiger partial charge is 0.355 e. The summed E-state index contributed by atoms with van der Waals surface area (Å²) < 4.78 is 5.70. The maximum Gasteiger partial charge on any atom is 0.355 e. The monoisotopic (exact) mass is 793 g/mol. The first-order chi connectivity index (χ1) is 25.0. The molecule has 18 nitrogen and oxygen atoms in total. The largest absolute Gasteiger partial charge is 0.504 e. The summed E-state index contributed by atoms with van der Waals surface area (Å²) in [4.78, 5) is 75.7. The highest BCUT2D eigenvalue weighted by molar-refractivity contribution is 8.00. The number of nitrogens with zero attached hydrogens (tertiary/aromatic N) is 5. The second-order valence-corrected chi connectivity index (χ2v) is 16.1. The van der Waals surface area contributed by atoms with Crippen LogP contribution in [0.4, 0.5) is 5.13 Å². The van der Waals surface area contributed by atoms with Crippen molar-refractivity contribution in [3.05, 3.63) is 45.1 Å². The third-order valence-corrected chi connectivity index (χ3v) is 12.5. The number of carboxylic acid groups (broad SMARTS) is 1. The van der Waals surface area contributed by atoms with Crippen LogP contribution in [-0.2, 0) is 28.8 Å². The number of esters is 1. The third kappa shape index (κ3) is 6.96. The van der Waals surface area contributed by atoms with E-state index < -0.39 is 58.2 Å². The van der Waals surface area contributed by atoms with Crippen molar-refractivity contribution in [1.29, 1.82) is 0 Å². The van der Waals surface area contributed by atoms with Gasteiger partial charge in [0, 0.05) is 29.5 Å². The number of nitrogens with one attached hydrogen (secondary N) is 2. The summed E-state index contributed by atoms with van der Waals surface area (Å²) in [6, 6.07) is 1.57. The predicted octanol–water partition coefficient (Wildman–Crippen LogP) is 0.839. The zero-order valence-corrected chi connectivity index (χ0v) is 31.4. The number of anilines is 1. The number of oxime groups is 1. The molecule has 53 heavy (non-hydrogen) atoms. The van der Waals surface area contributed by atoms with Gasteiger partial charge in [-0.1, -0.05) is 16.8 Å². The quantitative estimate of drug-likeness (QED) is 0.0461. The zero-order chi connectivity index (χ0) is 38.6. The number of nitrogens with two attached hydrogens (primary N) is 1. The third-order valence-electron chi connectivity index (χ3n) is 10.1. The predicted molar refractivity (Wildman–Crippen MR) is 192 cm³/mol. The lowest BCUT2D eigenvalue weighted by Gasteiger charge is -2.52. The highest BCUT2D eigenvalue weighted by Gasteiger charge is 2.57. The van der Waals surface area contributed by atoms with Crippen LogP contribution < -0.4 is 16.5 Å². The minimum atomic E-state index is -1.78. The Balaban J connectivity index is 1.17. The van der Waals surface area contributed by atoms with Gasteiger partial charge in [-0.05, 0) is 26.0 Å². The van der Waals surface area contributed by atoms with Crippen LogP contribution in [0.2, 0.25) is 5.02 Å². The fourth-order valence-corrected chi connectivity index (χ4v) is 9.13. The Morgan fingerprint density at radius 2 is 1.87 bits per heavy atom. The summed E-state index contributed by atoms with van der Waals surface area (Å²) in [5.41, 5.74) is 7.34. The lowest BCUT2D eigenvalue weighted by molar-refractivity contribution is -0.943. The number of carbonyl (C=O) groups is 5. The number of methoxy groups -OCH3 is 1. The van der Waals surface area contributed by atoms with E-state index in [0.717, 1.165) is 24.2 Å². The molecule has 21 heteroatoms. The number of thiazole rings is 1. The molecule has 1 unspecified atom stereocenters. The van der Waals surface area contributed by atoms with Gasteiger partial charge >= 0.3 is 11.9 Å². The number of β-lactam (4-membered cyclic amide) rings is 1. The normalized spacial score (nSPS) is 25.7. The Morgan fingerprint density at radius 1 is 1.19 bits per heavy atom. The van der Waals surface area contributed by atoms with Crippen LogP contribution in [0.5, 0.6) is 11.5 Å². The van der Waals surface area contributed by atoms with E-state index in [1.807, 2.05) is 5.01 Å². The van der Waals surface area contributed by atoms with Crippen molar-refractivity contribution >= 4 is 75.2 Å². The van der Waals surface area contributed by atoms with Crippen molar-refractivity contribution in [2.45, 2.75) is 55.8 Å². The van der Waals surface area contributed by atoms with Crippen LogP contribution in [0.3, 0.4) is 0 Å². The molecule has 5 atom stereocenters. The average molecular weight is 794 g/mol. The van der Waals surface area contributed by atoms with E-state index >= 15 is 0 Å². The first-order valence-electron chi connectivity index (χ1n) is 16.3. The molecule has 1 aromatic heterocycles. The number of aromatic nitrogens is 1. The molecule has 7 N–H and O–H groups in total. The zero-order valence-electron chi connectivity index (χ0n) is 29.0. The molecule has 1 aromatic carbocycles. The standard InChI is InChI=1S/C32H37ClN8O10S2/c1-32(2,30(48)49)51-38-21(18-13-53-31(34)35-18)26(45)36-22-27(46)40-23(29(47)50-4)14(12-52-28(22)40)11-41(3)15-5-6-16(41)10-39(9-15)37-25(44)17-7-8-19(42)24(43)20(17)33/h7-8,13,15-16,22,28H,5-6,9-12H2,1-4H3,(H6-,34,35,36,37,38,42,43,44,45,48,49)/p+1/t15-,16+,22-,28-,41?/m1/s1. The summed E-state index contributed by atoms with van der Waals surface area (Å²) in [6.07, 6.45) is 1.70. The maximum atomic E-state index is 13.7. The van der Waals surface area contributed by atoms with Crippen LogP contribution >= 0.6 is 34.7 Å². The van der Waals surface area contributed by atoms with Crippen LogP contribution in [0.15, 0.2) is 33.9 Å². The number of hydrazine groups is 1. The number of ether oxygens (including phenoxy) is 1. The van der Waals surface area contributed by atoms with Crippen LogP contribution in [0, 0.1) is 0 Å². The first kappa shape index (κ1) is 38.1. The van der Waals surface area contributed by atoms with Gasteiger partial charge in [-0.25, -0.2) is 19.6 Å². The highest BCUT2D eigenvalue weighted by atomic mass is 35.5. The van der Waals surface area contributed by atoms with E-state index in [1.54, 1.807) is 0 Å². The molecule has 3 saturated heterocycles. The molecule has 3 fully saturated rings. The molecule has 0 radical (unpaired) electrons. The minimum absolute atomic E-state index is 0.0133. The number of nitrogen functional groups attached to an aromatic ring is 1. The number of rotatable bonds is 11. The number of benzene rings is 1. The molecule has 2 aromatic rings. The number of phenols is 2. The van der Waals surface area contributed by atoms with Crippen LogP contribution in [0.25, 0.3) is 0 Å². The summed E-state index contributed by atoms with van der Waals surface area (Å²) in [7, 11) is 3.32. The fourth-order valence-electron chi connectivity index (χ4n) is 7.01. The van der Waals surface area contributed by atoms with Crippen LogP contribution in [0.1, 0.15) is 42.7 Å². The van der Waals surface area contributed by atoms with Crippen molar-refractivity contribution in [1.82, 2.24) is 25.6 Å². The molecule has 0 spiro atoms. The Labute approximate surface area is 316 Å². The van der Waals surface area contributed by atoms with Gasteiger partial charge < -0.3 is 40.4 Å². The number of amides is 3. The molecule has 0 aliphatic carbocycles. The van der Waals surface area contributed by atoms with Gasteiger partial charge in [0.25, 0.3) is 17.7 Å².